The number of hydrogen-bond donors (Lipinski definition) is 0. The molecule has 0 atom stereocenters. The van der Waals surface area contributed by atoms with E-state index in [0.717, 1.165) is 19.3 Å². The van der Waals surface area contributed by atoms with Crippen molar-refractivity contribution in [2.45, 2.75) is 33.1 Å². The minimum Gasteiger partial charge on any atom is -0.500 e. The van der Waals surface area contributed by atoms with Crippen molar-refractivity contribution in [3.8, 4) is 0 Å². The molecule has 2 aliphatic rings. The first-order valence-electron chi connectivity index (χ1n) is 6.56. The van der Waals surface area contributed by atoms with Crippen molar-refractivity contribution < 1.29 is 26.2 Å². The molecule has 0 N–H and O–H groups in total. The van der Waals surface area contributed by atoms with E-state index >= 15 is 0 Å². The molecule has 0 heterocycles. The zero-order valence-electron chi connectivity index (χ0n) is 12.1. The maximum Gasteiger partial charge on any atom is 4.00 e. The Morgan fingerprint density at radius 3 is 1.21 bits per heavy atom. The molecule has 1 heteroatoms. The third kappa shape index (κ3) is 16.6. The van der Waals surface area contributed by atoms with Gasteiger partial charge in [-0.3, -0.25) is 5.57 Å². The summed E-state index contributed by atoms with van der Waals surface area (Å²) in [6.07, 6.45) is 26.3. The van der Waals surface area contributed by atoms with Crippen molar-refractivity contribution >= 4 is 0 Å². The molecule has 0 amide bonds. The molecule has 0 aromatic heterocycles. The van der Waals surface area contributed by atoms with Crippen molar-refractivity contribution in [1.82, 2.24) is 0 Å². The van der Waals surface area contributed by atoms with Gasteiger partial charge in [0, 0.05) is 0 Å². The largest absolute Gasteiger partial charge is 4.00 e. The Balaban J connectivity index is 0. The van der Waals surface area contributed by atoms with Gasteiger partial charge in [-0.05, 0) is 64.2 Å². The number of allylic oxidation sites excluding steroid dienone is 2. The van der Waals surface area contributed by atoms with Crippen LogP contribution in [0.1, 0.15) is 33.1 Å². The maximum atomic E-state index is 3.78. The third-order valence-electron chi connectivity index (χ3n) is 2.27. The van der Waals surface area contributed by atoms with E-state index in [4.69, 9.17) is 0 Å². The Labute approximate surface area is 142 Å². The average Bonchev–Trinajstić information content (AvgIpc) is 3.13. The maximum absolute atomic E-state index is 3.78. The second kappa shape index (κ2) is 18.6. The van der Waals surface area contributed by atoms with E-state index in [1.54, 1.807) is 0 Å². The molecule has 2 fully saturated rings. The van der Waals surface area contributed by atoms with Gasteiger partial charge >= 0.3 is 26.2 Å². The van der Waals surface area contributed by atoms with Crippen LogP contribution in [0.25, 0.3) is 0 Å². The van der Waals surface area contributed by atoms with E-state index in [9.17, 15) is 0 Å². The molecule has 0 aromatic carbocycles. The van der Waals surface area contributed by atoms with Gasteiger partial charge in [-0.25, -0.2) is 0 Å². The van der Waals surface area contributed by atoms with E-state index in [-0.39, 0.29) is 26.2 Å². The van der Waals surface area contributed by atoms with Crippen LogP contribution in [-0.4, -0.2) is 0 Å². The molecule has 2 saturated carbocycles. The van der Waals surface area contributed by atoms with Crippen molar-refractivity contribution in [2.75, 3.05) is 0 Å². The van der Waals surface area contributed by atoms with Crippen molar-refractivity contribution in [2.24, 2.45) is 0 Å². The van der Waals surface area contributed by atoms with Gasteiger partial charge in [0.2, 0.25) is 0 Å². The summed E-state index contributed by atoms with van der Waals surface area (Å²) >= 11 is 0. The fraction of sp³-hybridized carbons (Fsp3) is 0.278. The van der Waals surface area contributed by atoms with Gasteiger partial charge in [-0.2, -0.15) is 12.8 Å². The molecule has 98 valence electrons. The molecule has 10 radical (unpaired) electrons. The van der Waals surface area contributed by atoms with E-state index in [1.807, 2.05) is 64.2 Å². The topological polar surface area (TPSA) is 0 Å². The van der Waals surface area contributed by atoms with E-state index in [0.29, 0.717) is 0 Å². The van der Waals surface area contributed by atoms with E-state index in [2.05, 4.69) is 26.8 Å². The van der Waals surface area contributed by atoms with Crippen molar-refractivity contribution in [3.63, 3.8) is 0 Å². The Morgan fingerprint density at radius 2 is 1.11 bits per heavy atom. The summed E-state index contributed by atoms with van der Waals surface area (Å²) in [5.74, 6) is 0. The molecule has 0 unspecified atom stereocenters. The second-order valence-corrected chi connectivity index (χ2v) is 3.66. The van der Waals surface area contributed by atoms with Gasteiger partial charge in [-0.15, -0.1) is 0 Å². The van der Waals surface area contributed by atoms with Gasteiger partial charge in [0.25, 0.3) is 0 Å². The fourth-order valence-corrected chi connectivity index (χ4v) is 1.28. The molecule has 0 aromatic rings. The summed E-state index contributed by atoms with van der Waals surface area (Å²) in [4.78, 5) is 0. The average molecular weight is 332 g/mol. The minimum absolute atomic E-state index is 0. The van der Waals surface area contributed by atoms with E-state index < -0.39 is 0 Å². The fourth-order valence-electron chi connectivity index (χ4n) is 1.28. The standard InChI is InChI=1S/C8H14.2C5H5.Zr/c1-4-7-8(5-2)6-3;2*1-2-4-5-3-1;/h2,4-6H2,1,3H3;2*1-5H;/q-2;;;+4. The molecule has 0 nitrogen and oxygen atoms in total. The first-order valence-corrected chi connectivity index (χ1v) is 6.56. The molecule has 2 rings (SSSR count). The molecule has 0 spiro atoms. The zero-order valence-corrected chi connectivity index (χ0v) is 14.6. The monoisotopic (exact) mass is 330 g/mol. The predicted octanol–water partition coefficient (Wildman–Crippen LogP) is 4.80. The first kappa shape index (κ1) is 21.9. The van der Waals surface area contributed by atoms with Gasteiger partial charge in [0.1, 0.15) is 0 Å². The van der Waals surface area contributed by atoms with Crippen LogP contribution in [0.5, 0.6) is 0 Å². The van der Waals surface area contributed by atoms with Crippen LogP contribution in [0, 0.1) is 77.2 Å². The smallest absolute Gasteiger partial charge is 0.500 e. The van der Waals surface area contributed by atoms with Crippen LogP contribution in [0.4, 0.5) is 0 Å². The summed E-state index contributed by atoms with van der Waals surface area (Å²) in [7, 11) is 0. The van der Waals surface area contributed by atoms with Crippen LogP contribution >= 0.6 is 0 Å². The van der Waals surface area contributed by atoms with E-state index in [1.165, 1.54) is 5.57 Å². The molecule has 19 heavy (non-hydrogen) atoms. The summed E-state index contributed by atoms with van der Waals surface area (Å²) in [5, 5.41) is 0. The Morgan fingerprint density at radius 1 is 0.789 bits per heavy atom. The van der Waals surface area contributed by atoms with Crippen molar-refractivity contribution in [3.05, 3.63) is 82.8 Å². The van der Waals surface area contributed by atoms with Gasteiger partial charge in [0.05, 0.1) is 0 Å². The summed E-state index contributed by atoms with van der Waals surface area (Å²) < 4.78 is 0. The van der Waals surface area contributed by atoms with Gasteiger partial charge in [0.15, 0.2) is 0 Å². The number of rotatable bonds is 3. The zero-order chi connectivity index (χ0) is 13.5. The predicted molar refractivity (Wildman–Crippen MR) is 80.3 cm³/mol. The first-order chi connectivity index (χ1) is 8.85. The summed E-state index contributed by atoms with van der Waals surface area (Å²) in [6, 6.07) is 0. The Bertz CT molecular complexity index is 145. The molecule has 0 bridgehead atoms. The molecule has 0 aliphatic heterocycles. The third-order valence-corrected chi connectivity index (χ3v) is 2.27. The Kier molecular flexibility index (Phi) is 21.5. The van der Waals surface area contributed by atoms with Crippen LogP contribution in [-0.2, 0) is 26.2 Å². The number of hydrogen-bond acceptors (Lipinski definition) is 0. The molecule has 2 aliphatic carbocycles. The van der Waals surface area contributed by atoms with Crippen LogP contribution < -0.4 is 0 Å². The quantitative estimate of drug-likeness (QED) is 0.652. The second-order valence-electron chi connectivity index (χ2n) is 3.66. The SMILES string of the molecule is [CH2-]CC(=[C-]CC)CC.[CH]1[CH][CH][CH][CH]1.[CH]1[CH][CH][CH][CH]1.[Zr+4]. The van der Waals surface area contributed by atoms with Crippen LogP contribution in [0.15, 0.2) is 5.57 Å². The Hall–Kier alpha value is 0.623. The summed E-state index contributed by atoms with van der Waals surface area (Å²) in [6.45, 7) is 8.02. The summed E-state index contributed by atoms with van der Waals surface area (Å²) in [5.41, 5.74) is 1.35. The van der Waals surface area contributed by atoms with Gasteiger partial charge in [-0.1, -0.05) is 20.3 Å². The molecule has 0 saturated heterocycles. The van der Waals surface area contributed by atoms with Crippen LogP contribution in [0.2, 0.25) is 0 Å². The van der Waals surface area contributed by atoms with Gasteiger partial charge < -0.3 is 13.0 Å². The normalized spacial score (nSPS) is 17.7. The molecular weight excluding hydrogens is 307 g/mol. The minimum atomic E-state index is 0. The van der Waals surface area contributed by atoms with Crippen LogP contribution in [0.3, 0.4) is 0 Å². The van der Waals surface area contributed by atoms with Crippen molar-refractivity contribution in [1.29, 1.82) is 0 Å². The molecular formula is C18H24Zr+2.